The summed E-state index contributed by atoms with van der Waals surface area (Å²) in [7, 11) is 3.49. The summed E-state index contributed by atoms with van der Waals surface area (Å²) in [6, 6.07) is 8.20. The lowest BCUT2D eigenvalue weighted by molar-refractivity contribution is 0.185. The average Bonchev–Trinajstić information content (AvgIpc) is 2.80. The van der Waals surface area contributed by atoms with Gasteiger partial charge in [0.15, 0.2) is 0 Å². The van der Waals surface area contributed by atoms with E-state index < -0.39 is 0 Å². The normalized spacial score (nSPS) is 10.6. The van der Waals surface area contributed by atoms with Gasteiger partial charge in [0.05, 0.1) is 13.2 Å². The molecule has 1 aromatic carbocycles. The molecule has 0 fully saturated rings. The number of aromatic nitrogens is 2. The van der Waals surface area contributed by atoms with Gasteiger partial charge >= 0.3 is 6.01 Å². The van der Waals surface area contributed by atoms with Crippen LogP contribution in [0.4, 0.5) is 11.7 Å². The zero-order valence-corrected chi connectivity index (χ0v) is 10.4. The van der Waals surface area contributed by atoms with Crippen LogP contribution in [0.2, 0.25) is 0 Å². The van der Waals surface area contributed by atoms with Crippen LogP contribution in [0.15, 0.2) is 28.7 Å². The van der Waals surface area contributed by atoms with E-state index in [0.717, 1.165) is 11.3 Å². The standard InChI is InChI=1S/C12H16N4O2/c1-13-7-11-15-16-12(18-11)14-10-6-4-3-5-9(10)8-17-2/h3-6,13H,7-8H2,1-2H3,(H,14,16). The summed E-state index contributed by atoms with van der Waals surface area (Å²) in [5, 5.41) is 13.9. The van der Waals surface area contributed by atoms with Gasteiger partial charge in [0.2, 0.25) is 5.89 Å². The van der Waals surface area contributed by atoms with Crippen molar-refractivity contribution in [1.29, 1.82) is 0 Å². The SMILES string of the molecule is CNCc1nnc(Nc2ccccc2COC)o1. The van der Waals surface area contributed by atoms with Crippen LogP contribution >= 0.6 is 0 Å². The molecule has 0 unspecified atom stereocenters. The Bertz CT molecular complexity index is 498. The first-order chi connectivity index (χ1) is 8.83. The molecule has 6 nitrogen and oxygen atoms in total. The number of nitrogens with zero attached hydrogens (tertiary/aromatic N) is 2. The number of hydrogen-bond donors (Lipinski definition) is 2. The van der Waals surface area contributed by atoms with Crippen molar-refractivity contribution in [3.8, 4) is 0 Å². The number of anilines is 2. The summed E-state index contributed by atoms with van der Waals surface area (Å²) in [4.78, 5) is 0. The van der Waals surface area contributed by atoms with Gasteiger partial charge in [0.1, 0.15) is 0 Å². The fourth-order valence-corrected chi connectivity index (χ4v) is 1.57. The van der Waals surface area contributed by atoms with E-state index in [0.29, 0.717) is 25.1 Å². The second kappa shape index (κ2) is 6.13. The molecule has 0 aliphatic heterocycles. The predicted molar refractivity (Wildman–Crippen MR) is 67.5 cm³/mol. The van der Waals surface area contributed by atoms with Gasteiger partial charge in [-0.05, 0) is 13.1 Å². The molecule has 0 aliphatic rings. The third-order valence-corrected chi connectivity index (χ3v) is 2.35. The van der Waals surface area contributed by atoms with Gasteiger partial charge in [0, 0.05) is 18.4 Å². The number of benzene rings is 1. The van der Waals surface area contributed by atoms with Crippen LogP contribution in [-0.4, -0.2) is 24.4 Å². The van der Waals surface area contributed by atoms with Crippen molar-refractivity contribution in [2.24, 2.45) is 0 Å². The number of nitrogens with one attached hydrogen (secondary N) is 2. The van der Waals surface area contributed by atoms with Crippen molar-refractivity contribution in [2.75, 3.05) is 19.5 Å². The van der Waals surface area contributed by atoms with Crippen molar-refractivity contribution in [1.82, 2.24) is 15.5 Å². The summed E-state index contributed by atoms with van der Waals surface area (Å²) in [5.41, 5.74) is 1.94. The van der Waals surface area contributed by atoms with Gasteiger partial charge in [-0.25, -0.2) is 0 Å². The van der Waals surface area contributed by atoms with Gasteiger partial charge in [-0.15, -0.1) is 5.10 Å². The van der Waals surface area contributed by atoms with Crippen LogP contribution in [0.3, 0.4) is 0 Å². The smallest absolute Gasteiger partial charge is 0.320 e. The first-order valence-electron chi connectivity index (χ1n) is 5.64. The van der Waals surface area contributed by atoms with Crippen molar-refractivity contribution in [3.63, 3.8) is 0 Å². The van der Waals surface area contributed by atoms with E-state index in [2.05, 4.69) is 20.8 Å². The molecule has 0 saturated heterocycles. The van der Waals surface area contributed by atoms with Crippen LogP contribution < -0.4 is 10.6 Å². The average molecular weight is 248 g/mol. The lowest BCUT2D eigenvalue weighted by atomic mass is 10.2. The molecule has 0 radical (unpaired) electrons. The Balaban J connectivity index is 2.12. The van der Waals surface area contributed by atoms with E-state index in [-0.39, 0.29) is 0 Å². The van der Waals surface area contributed by atoms with Gasteiger partial charge in [-0.1, -0.05) is 23.3 Å². The van der Waals surface area contributed by atoms with E-state index in [9.17, 15) is 0 Å². The lowest BCUT2D eigenvalue weighted by Crippen LogP contribution is -2.04. The molecule has 2 aromatic rings. The molecule has 0 bridgehead atoms. The fourth-order valence-electron chi connectivity index (χ4n) is 1.57. The van der Waals surface area contributed by atoms with Crippen molar-refractivity contribution in [2.45, 2.75) is 13.2 Å². The highest BCUT2D eigenvalue weighted by atomic mass is 16.5. The molecule has 18 heavy (non-hydrogen) atoms. The van der Waals surface area contributed by atoms with Crippen LogP contribution in [0.1, 0.15) is 11.5 Å². The van der Waals surface area contributed by atoms with Crippen LogP contribution in [0.5, 0.6) is 0 Å². The largest absolute Gasteiger partial charge is 0.406 e. The molecular formula is C12H16N4O2. The summed E-state index contributed by atoms with van der Waals surface area (Å²) < 4.78 is 10.6. The zero-order valence-electron chi connectivity index (χ0n) is 10.4. The van der Waals surface area contributed by atoms with E-state index in [1.807, 2.05) is 31.3 Å². The Morgan fingerprint density at radius 2 is 2.11 bits per heavy atom. The predicted octanol–water partition coefficient (Wildman–Crippen LogP) is 1.68. The third kappa shape index (κ3) is 3.06. The van der Waals surface area contributed by atoms with Crippen LogP contribution in [0, 0.1) is 0 Å². The summed E-state index contributed by atoms with van der Waals surface area (Å²) in [6.07, 6.45) is 0. The van der Waals surface area contributed by atoms with E-state index in [4.69, 9.17) is 9.15 Å². The molecule has 2 N–H and O–H groups in total. The molecule has 0 amide bonds. The summed E-state index contributed by atoms with van der Waals surface area (Å²) >= 11 is 0. The van der Waals surface area contributed by atoms with E-state index in [1.54, 1.807) is 7.11 Å². The summed E-state index contributed by atoms with van der Waals surface area (Å²) in [5.74, 6) is 0.546. The van der Waals surface area contributed by atoms with E-state index >= 15 is 0 Å². The van der Waals surface area contributed by atoms with Gasteiger partial charge in [-0.2, -0.15) is 0 Å². The minimum absolute atomic E-state index is 0.379. The Hall–Kier alpha value is -1.92. The maximum atomic E-state index is 5.42. The highest BCUT2D eigenvalue weighted by Gasteiger charge is 2.07. The molecule has 1 heterocycles. The Labute approximate surface area is 105 Å². The monoisotopic (exact) mass is 248 g/mol. The molecule has 0 atom stereocenters. The highest BCUT2D eigenvalue weighted by Crippen LogP contribution is 2.20. The Morgan fingerprint density at radius 3 is 2.89 bits per heavy atom. The Morgan fingerprint density at radius 1 is 1.28 bits per heavy atom. The lowest BCUT2D eigenvalue weighted by Gasteiger charge is -2.07. The molecule has 6 heteroatoms. The highest BCUT2D eigenvalue weighted by molar-refractivity contribution is 5.57. The Kier molecular flexibility index (Phi) is 4.27. The minimum atomic E-state index is 0.379. The number of hydrogen-bond acceptors (Lipinski definition) is 6. The zero-order chi connectivity index (χ0) is 12.8. The second-order valence-electron chi connectivity index (χ2n) is 3.75. The fraction of sp³-hybridized carbons (Fsp3) is 0.333. The maximum absolute atomic E-state index is 5.42. The number of methoxy groups -OCH3 is 1. The number of ether oxygens (including phenoxy) is 1. The van der Waals surface area contributed by atoms with Crippen LogP contribution in [0.25, 0.3) is 0 Å². The van der Waals surface area contributed by atoms with Crippen molar-refractivity contribution < 1.29 is 9.15 Å². The molecule has 1 aromatic heterocycles. The quantitative estimate of drug-likeness (QED) is 0.810. The first kappa shape index (κ1) is 12.5. The second-order valence-corrected chi connectivity index (χ2v) is 3.75. The molecule has 0 saturated carbocycles. The van der Waals surface area contributed by atoms with Gasteiger partial charge in [0.25, 0.3) is 0 Å². The molecule has 2 rings (SSSR count). The van der Waals surface area contributed by atoms with Gasteiger partial charge in [-0.3, -0.25) is 0 Å². The van der Waals surface area contributed by atoms with Gasteiger partial charge < -0.3 is 19.8 Å². The minimum Gasteiger partial charge on any atom is -0.406 e. The molecule has 0 aliphatic carbocycles. The molecule has 96 valence electrons. The summed E-state index contributed by atoms with van der Waals surface area (Å²) in [6.45, 7) is 1.08. The molecular weight excluding hydrogens is 232 g/mol. The van der Waals surface area contributed by atoms with Crippen molar-refractivity contribution in [3.05, 3.63) is 35.7 Å². The van der Waals surface area contributed by atoms with Crippen LogP contribution in [-0.2, 0) is 17.9 Å². The first-order valence-corrected chi connectivity index (χ1v) is 5.64. The van der Waals surface area contributed by atoms with E-state index in [1.165, 1.54) is 0 Å². The number of para-hydroxylation sites is 1. The molecule has 0 spiro atoms. The topological polar surface area (TPSA) is 72.2 Å². The maximum Gasteiger partial charge on any atom is 0.320 e. The number of rotatable bonds is 6. The third-order valence-electron chi connectivity index (χ3n) is 2.35. The van der Waals surface area contributed by atoms with Crippen molar-refractivity contribution >= 4 is 11.7 Å².